The van der Waals surface area contributed by atoms with Gasteiger partial charge in [-0.3, -0.25) is 14.3 Å². The molecule has 2 aromatic carbocycles. The summed E-state index contributed by atoms with van der Waals surface area (Å²) in [7, 11) is -2.32. The maximum atomic E-state index is 13.0. The molecule has 1 saturated carbocycles. The predicted octanol–water partition coefficient (Wildman–Crippen LogP) is 3.41. The van der Waals surface area contributed by atoms with Crippen molar-refractivity contribution >= 4 is 27.5 Å². The molecular weight excluding hydrogens is 454 g/mol. The van der Waals surface area contributed by atoms with E-state index < -0.39 is 10.0 Å². The average Bonchev–Trinajstić information content (AvgIpc) is 3.37. The molecule has 2 fully saturated rings. The average molecular weight is 486 g/mol. The van der Waals surface area contributed by atoms with Gasteiger partial charge in [-0.25, -0.2) is 8.42 Å². The number of piperidine rings is 1. The molecular formula is C25H31N3O5S. The van der Waals surface area contributed by atoms with Gasteiger partial charge in [0.05, 0.1) is 17.9 Å². The Morgan fingerprint density at radius 3 is 2.44 bits per heavy atom. The largest absolute Gasteiger partial charge is 0.497 e. The monoisotopic (exact) mass is 485 g/mol. The number of anilines is 1. The van der Waals surface area contributed by atoms with Gasteiger partial charge in [-0.15, -0.1) is 0 Å². The van der Waals surface area contributed by atoms with E-state index in [2.05, 4.69) is 10.0 Å². The van der Waals surface area contributed by atoms with E-state index in [0.717, 1.165) is 38.5 Å². The minimum atomic E-state index is -3.80. The van der Waals surface area contributed by atoms with E-state index in [1.165, 1.54) is 19.2 Å². The summed E-state index contributed by atoms with van der Waals surface area (Å²) >= 11 is 0. The van der Waals surface area contributed by atoms with Crippen molar-refractivity contribution in [3.63, 3.8) is 0 Å². The van der Waals surface area contributed by atoms with Gasteiger partial charge in [0.1, 0.15) is 5.75 Å². The van der Waals surface area contributed by atoms with Crippen LogP contribution < -0.4 is 14.8 Å². The number of hydrogen-bond donors (Lipinski definition) is 2. The van der Waals surface area contributed by atoms with Crippen molar-refractivity contribution in [3.8, 4) is 5.75 Å². The topological polar surface area (TPSA) is 105 Å². The zero-order valence-electron chi connectivity index (χ0n) is 19.3. The van der Waals surface area contributed by atoms with Gasteiger partial charge >= 0.3 is 0 Å². The lowest BCUT2D eigenvalue weighted by molar-refractivity contribution is -0.127. The van der Waals surface area contributed by atoms with Crippen LogP contribution in [0.1, 0.15) is 48.9 Å². The molecule has 0 spiro atoms. The van der Waals surface area contributed by atoms with Crippen LogP contribution in [0.15, 0.2) is 53.4 Å². The molecule has 1 aliphatic heterocycles. The van der Waals surface area contributed by atoms with E-state index >= 15 is 0 Å². The van der Waals surface area contributed by atoms with Crippen LogP contribution in [0.2, 0.25) is 0 Å². The molecule has 0 unspecified atom stereocenters. The Hall–Kier alpha value is -3.07. The number of nitrogens with one attached hydrogen (secondary N) is 2. The smallest absolute Gasteiger partial charge is 0.262 e. The molecule has 182 valence electrons. The number of rotatable bonds is 7. The van der Waals surface area contributed by atoms with Gasteiger partial charge in [-0.2, -0.15) is 0 Å². The lowest BCUT2D eigenvalue weighted by Crippen LogP contribution is -2.47. The Bertz CT molecular complexity index is 1130. The van der Waals surface area contributed by atoms with Gasteiger partial charge in [0, 0.05) is 36.4 Å². The Labute approximate surface area is 200 Å². The second-order valence-corrected chi connectivity index (χ2v) is 10.6. The SMILES string of the molecule is COc1cccc(S(=O)(=O)Nc2ccc(C(=O)N3CCC[C@@H](C(=O)NC4CCCC4)C3)cc2)c1. The number of likely N-dealkylation sites (tertiary alicyclic amines) is 1. The zero-order valence-corrected chi connectivity index (χ0v) is 20.1. The fraction of sp³-hybridized carbons (Fsp3) is 0.440. The number of benzene rings is 2. The van der Waals surface area contributed by atoms with Crippen molar-refractivity contribution < 1.29 is 22.7 Å². The third-order valence-electron chi connectivity index (χ3n) is 6.52. The number of hydrogen-bond acceptors (Lipinski definition) is 5. The molecule has 9 heteroatoms. The summed E-state index contributed by atoms with van der Waals surface area (Å²) in [6, 6.07) is 12.8. The first-order chi connectivity index (χ1) is 16.4. The molecule has 0 radical (unpaired) electrons. The Morgan fingerprint density at radius 2 is 1.74 bits per heavy atom. The first-order valence-corrected chi connectivity index (χ1v) is 13.2. The molecule has 2 N–H and O–H groups in total. The molecule has 34 heavy (non-hydrogen) atoms. The number of carbonyl (C=O) groups is 2. The van der Waals surface area contributed by atoms with E-state index in [4.69, 9.17) is 4.74 Å². The summed E-state index contributed by atoms with van der Waals surface area (Å²) in [6.07, 6.45) is 5.96. The van der Waals surface area contributed by atoms with Gasteiger partial charge in [-0.1, -0.05) is 18.9 Å². The van der Waals surface area contributed by atoms with Crippen molar-refractivity contribution in [2.75, 3.05) is 24.9 Å². The van der Waals surface area contributed by atoms with Crippen molar-refractivity contribution in [1.29, 1.82) is 0 Å². The number of sulfonamides is 1. The standard InChI is InChI=1S/C25H31N3O5S/c1-33-22-9-4-10-23(16-22)34(31,32)27-21-13-11-18(12-14-21)25(30)28-15-5-6-19(17-28)24(29)26-20-7-2-3-8-20/h4,9-14,16,19-20,27H,2-3,5-8,15,17H2,1H3,(H,26,29)/t19-/m1/s1. The van der Waals surface area contributed by atoms with Crippen molar-refractivity contribution in [2.45, 2.75) is 49.5 Å². The molecule has 2 amide bonds. The van der Waals surface area contributed by atoms with Crippen LogP contribution in [0.4, 0.5) is 5.69 Å². The van der Waals surface area contributed by atoms with Crippen LogP contribution in [0.25, 0.3) is 0 Å². The van der Waals surface area contributed by atoms with Gasteiger partial charge < -0.3 is 15.0 Å². The first-order valence-electron chi connectivity index (χ1n) is 11.7. The quantitative estimate of drug-likeness (QED) is 0.625. The van der Waals surface area contributed by atoms with Gasteiger partial charge in [0.15, 0.2) is 0 Å². The fourth-order valence-corrected chi connectivity index (χ4v) is 5.70. The highest BCUT2D eigenvalue weighted by atomic mass is 32.2. The summed E-state index contributed by atoms with van der Waals surface area (Å²) in [5.41, 5.74) is 0.813. The Kier molecular flexibility index (Phi) is 7.41. The van der Waals surface area contributed by atoms with Crippen molar-refractivity contribution in [2.24, 2.45) is 5.92 Å². The third-order valence-corrected chi connectivity index (χ3v) is 7.90. The highest BCUT2D eigenvalue weighted by Gasteiger charge is 2.30. The maximum Gasteiger partial charge on any atom is 0.262 e. The fourth-order valence-electron chi connectivity index (χ4n) is 4.61. The van der Waals surface area contributed by atoms with E-state index in [9.17, 15) is 18.0 Å². The Morgan fingerprint density at radius 1 is 1.00 bits per heavy atom. The van der Waals surface area contributed by atoms with E-state index in [1.807, 2.05) is 0 Å². The minimum Gasteiger partial charge on any atom is -0.497 e. The molecule has 1 saturated heterocycles. The Balaban J connectivity index is 1.38. The number of ether oxygens (including phenoxy) is 1. The van der Waals surface area contributed by atoms with E-state index in [1.54, 1.807) is 41.3 Å². The maximum absolute atomic E-state index is 13.0. The lowest BCUT2D eigenvalue weighted by atomic mass is 9.96. The number of carbonyl (C=O) groups excluding carboxylic acids is 2. The van der Waals surface area contributed by atoms with Crippen LogP contribution in [-0.2, 0) is 14.8 Å². The molecule has 8 nitrogen and oxygen atoms in total. The summed E-state index contributed by atoms with van der Waals surface area (Å²) in [4.78, 5) is 27.5. The van der Waals surface area contributed by atoms with Gasteiger partial charge in [0.25, 0.3) is 15.9 Å². The van der Waals surface area contributed by atoms with Crippen LogP contribution in [0.5, 0.6) is 5.75 Å². The van der Waals surface area contributed by atoms with Crippen LogP contribution in [0.3, 0.4) is 0 Å². The first kappa shape index (κ1) is 24.1. The second-order valence-electron chi connectivity index (χ2n) is 8.94. The second kappa shape index (κ2) is 10.5. The van der Waals surface area contributed by atoms with Crippen LogP contribution in [0, 0.1) is 5.92 Å². The highest BCUT2D eigenvalue weighted by Crippen LogP contribution is 2.24. The predicted molar refractivity (Wildman–Crippen MR) is 129 cm³/mol. The van der Waals surface area contributed by atoms with Crippen molar-refractivity contribution in [3.05, 3.63) is 54.1 Å². The molecule has 1 aliphatic carbocycles. The molecule has 1 atom stereocenters. The van der Waals surface area contributed by atoms with Crippen molar-refractivity contribution in [1.82, 2.24) is 10.2 Å². The minimum absolute atomic E-state index is 0.0479. The zero-order chi connectivity index (χ0) is 24.1. The summed E-state index contributed by atoms with van der Waals surface area (Å²) in [5, 5.41) is 3.15. The van der Waals surface area contributed by atoms with Crippen LogP contribution in [-0.4, -0.2) is 51.4 Å². The molecule has 2 aliphatic rings. The summed E-state index contributed by atoms with van der Waals surface area (Å²) in [6.45, 7) is 1.01. The number of amides is 2. The molecule has 2 aromatic rings. The normalized spacial score (nSPS) is 19.0. The van der Waals surface area contributed by atoms with Gasteiger partial charge in [0.2, 0.25) is 5.91 Å². The number of methoxy groups -OCH3 is 1. The molecule has 1 heterocycles. The third kappa shape index (κ3) is 5.70. The summed E-state index contributed by atoms with van der Waals surface area (Å²) in [5.74, 6) is 0.153. The molecule has 0 aromatic heterocycles. The van der Waals surface area contributed by atoms with Gasteiger partial charge in [-0.05, 0) is 62.1 Å². The molecule has 0 bridgehead atoms. The van der Waals surface area contributed by atoms with E-state index in [-0.39, 0.29) is 28.7 Å². The number of nitrogens with zero attached hydrogens (tertiary/aromatic N) is 1. The summed E-state index contributed by atoms with van der Waals surface area (Å²) < 4.78 is 33.0. The van der Waals surface area contributed by atoms with E-state index in [0.29, 0.717) is 30.1 Å². The lowest BCUT2D eigenvalue weighted by Gasteiger charge is -2.32. The highest BCUT2D eigenvalue weighted by molar-refractivity contribution is 7.92. The van der Waals surface area contributed by atoms with Crippen LogP contribution >= 0.6 is 0 Å². The molecule has 4 rings (SSSR count).